The Morgan fingerprint density at radius 2 is 2.00 bits per heavy atom. The van der Waals surface area contributed by atoms with Crippen molar-refractivity contribution in [3.05, 3.63) is 54.1 Å². The Kier molecular flexibility index (Phi) is 7.63. The number of carboxylic acid groups (broad SMARTS) is 1. The standard InChI is InChI=1S/C22H28N4O3.CH2O2/c1-15(2)25-14-23-10-18(25)12-24-11-17-9-19(22(28)29-3)21(26(17)20(27)13-24)16-7-5-4-6-8-16;2-1-3/h4-8,10,14-15,17,19,21H,9,11-13H2,1-3H3;1H,(H,2,3)/t17-,19-,21-;/m0./s1. The molecule has 0 radical (unpaired) electrons. The van der Waals surface area contributed by atoms with Crippen molar-refractivity contribution in [3.63, 3.8) is 0 Å². The van der Waals surface area contributed by atoms with Gasteiger partial charge in [-0.1, -0.05) is 30.3 Å². The lowest BCUT2D eigenvalue weighted by molar-refractivity contribution is -0.147. The largest absolute Gasteiger partial charge is 0.483 e. The van der Waals surface area contributed by atoms with E-state index in [9.17, 15) is 9.59 Å². The second kappa shape index (κ2) is 10.4. The summed E-state index contributed by atoms with van der Waals surface area (Å²) in [5.74, 6) is -0.514. The van der Waals surface area contributed by atoms with Gasteiger partial charge in [-0.3, -0.25) is 19.3 Å². The first-order chi connectivity index (χ1) is 15.4. The fraction of sp³-hybridized carbons (Fsp3) is 0.478. The van der Waals surface area contributed by atoms with Crippen molar-refractivity contribution in [2.75, 3.05) is 20.2 Å². The van der Waals surface area contributed by atoms with E-state index in [-0.39, 0.29) is 36.4 Å². The number of benzene rings is 1. The van der Waals surface area contributed by atoms with Crippen LogP contribution in [0, 0.1) is 5.92 Å². The molecule has 32 heavy (non-hydrogen) atoms. The third-order valence-electron chi connectivity index (χ3n) is 6.05. The zero-order valence-corrected chi connectivity index (χ0v) is 18.6. The van der Waals surface area contributed by atoms with E-state index < -0.39 is 0 Å². The van der Waals surface area contributed by atoms with Gasteiger partial charge in [0.2, 0.25) is 5.91 Å². The summed E-state index contributed by atoms with van der Waals surface area (Å²) in [5, 5.41) is 6.89. The minimum Gasteiger partial charge on any atom is -0.483 e. The Balaban J connectivity index is 0.000000913. The maximum atomic E-state index is 13.2. The molecule has 1 amide bonds. The number of amides is 1. The van der Waals surface area contributed by atoms with E-state index in [0.717, 1.165) is 17.8 Å². The first-order valence-electron chi connectivity index (χ1n) is 10.7. The molecular weight excluding hydrogens is 412 g/mol. The number of esters is 1. The molecule has 9 heteroatoms. The van der Waals surface area contributed by atoms with Gasteiger partial charge in [-0.25, -0.2) is 4.98 Å². The molecular formula is C23H30N4O5. The van der Waals surface area contributed by atoms with Crippen molar-refractivity contribution in [2.24, 2.45) is 5.92 Å². The molecule has 1 aromatic heterocycles. The van der Waals surface area contributed by atoms with Gasteiger partial charge in [0.05, 0.1) is 37.6 Å². The topological polar surface area (TPSA) is 105 Å². The minimum absolute atomic E-state index is 0.000905. The lowest BCUT2D eigenvalue weighted by Gasteiger charge is -2.40. The summed E-state index contributed by atoms with van der Waals surface area (Å²) in [7, 11) is 1.42. The Morgan fingerprint density at radius 1 is 1.31 bits per heavy atom. The highest BCUT2D eigenvalue weighted by molar-refractivity contribution is 5.83. The van der Waals surface area contributed by atoms with Crippen LogP contribution in [0.15, 0.2) is 42.9 Å². The Bertz CT molecular complexity index is 929. The molecule has 0 aliphatic carbocycles. The number of rotatable bonds is 5. The van der Waals surface area contributed by atoms with Crippen LogP contribution in [0.5, 0.6) is 0 Å². The van der Waals surface area contributed by atoms with E-state index in [1.807, 2.05) is 47.8 Å². The fourth-order valence-electron chi connectivity index (χ4n) is 4.80. The number of nitrogens with zero attached hydrogens (tertiary/aromatic N) is 4. The number of carbonyl (C=O) groups is 3. The molecule has 2 aliphatic heterocycles. The molecule has 2 aliphatic rings. The fourth-order valence-corrected chi connectivity index (χ4v) is 4.80. The maximum Gasteiger partial charge on any atom is 0.311 e. The van der Waals surface area contributed by atoms with Crippen molar-refractivity contribution in [2.45, 2.75) is 44.9 Å². The predicted octanol–water partition coefficient (Wildman–Crippen LogP) is 2.11. The van der Waals surface area contributed by atoms with Crippen LogP contribution < -0.4 is 0 Å². The van der Waals surface area contributed by atoms with E-state index in [0.29, 0.717) is 25.6 Å². The van der Waals surface area contributed by atoms with Gasteiger partial charge >= 0.3 is 5.97 Å². The summed E-state index contributed by atoms with van der Waals surface area (Å²) < 4.78 is 7.21. The number of hydrogen-bond acceptors (Lipinski definition) is 6. The quantitative estimate of drug-likeness (QED) is 0.558. The number of carbonyl (C=O) groups excluding carboxylic acids is 2. The first-order valence-corrected chi connectivity index (χ1v) is 10.7. The second-order valence-electron chi connectivity index (χ2n) is 8.34. The molecule has 1 N–H and O–H groups in total. The molecule has 172 valence electrons. The smallest absolute Gasteiger partial charge is 0.311 e. The van der Waals surface area contributed by atoms with E-state index in [4.69, 9.17) is 14.6 Å². The van der Waals surface area contributed by atoms with Crippen LogP contribution in [0.4, 0.5) is 0 Å². The molecule has 1 aromatic carbocycles. The third kappa shape index (κ3) is 4.83. The Hall–Kier alpha value is -3.20. The molecule has 0 spiro atoms. The van der Waals surface area contributed by atoms with Crippen LogP contribution in [0.1, 0.15) is 43.6 Å². The van der Waals surface area contributed by atoms with E-state index in [2.05, 4.69) is 28.3 Å². The number of aromatic nitrogens is 2. The number of ether oxygens (including phenoxy) is 1. The predicted molar refractivity (Wildman–Crippen MR) is 117 cm³/mol. The molecule has 2 saturated heterocycles. The number of piperazine rings is 1. The highest BCUT2D eigenvalue weighted by Crippen LogP contribution is 2.43. The van der Waals surface area contributed by atoms with E-state index >= 15 is 0 Å². The zero-order valence-electron chi connectivity index (χ0n) is 18.6. The van der Waals surface area contributed by atoms with Crippen molar-refractivity contribution in [1.82, 2.24) is 19.4 Å². The number of methoxy groups -OCH3 is 1. The van der Waals surface area contributed by atoms with Crippen molar-refractivity contribution < 1.29 is 24.2 Å². The molecule has 0 bridgehead atoms. The summed E-state index contributed by atoms with van der Waals surface area (Å²) in [6.07, 6.45) is 4.33. The minimum atomic E-state index is -0.336. The lowest BCUT2D eigenvalue weighted by Crippen LogP contribution is -2.54. The monoisotopic (exact) mass is 442 g/mol. The summed E-state index contributed by atoms with van der Waals surface area (Å²) in [6, 6.07) is 9.89. The van der Waals surface area contributed by atoms with Crippen molar-refractivity contribution in [1.29, 1.82) is 0 Å². The average molecular weight is 443 g/mol. The number of hydrogen-bond donors (Lipinski definition) is 1. The van der Waals surface area contributed by atoms with E-state index in [1.165, 1.54) is 7.11 Å². The number of imidazole rings is 1. The maximum absolute atomic E-state index is 13.2. The van der Waals surface area contributed by atoms with Crippen LogP contribution in [0.25, 0.3) is 0 Å². The van der Waals surface area contributed by atoms with Crippen molar-refractivity contribution >= 4 is 18.3 Å². The molecule has 4 rings (SSSR count). The molecule has 0 unspecified atom stereocenters. The van der Waals surface area contributed by atoms with Gasteiger partial charge in [-0.15, -0.1) is 0 Å². The SMILES string of the molecule is COC(=O)[C@H]1C[C@H]2CN(Cc3cncn3C(C)C)CC(=O)N2[C@H]1c1ccccc1.O=CO. The normalized spacial score (nSPS) is 22.8. The van der Waals surface area contributed by atoms with Gasteiger partial charge in [-0.2, -0.15) is 0 Å². The zero-order chi connectivity index (χ0) is 23.3. The molecule has 3 heterocycles. The van der Waals surface area contributed by atoms with Crippen LogP contribution in [0.3, 0.4) is 0 Å². The number of fused-ring (bicyclic) bond motifs is 1. The van der Waals surface area contributed by atoms with Gasteiger partial charge in [0.25, 0.3) is 6.47 Å². The Morgan fingerprint density at radius 3 is 2.62 bits per heavy atom. The first kappa shape index (κ1) is 23.5. The molecule has 9 nitrogen and oxygen atoms in total. The van der Waals surface area contributed by atoms with Crippen LogP contribution >= 0.6 is 0 Å². The van der Waals surface area contributed by atoms with Crippen molar-refractivity contribution in [3.8, 4) is 0 Å². The van der Waals surface area contributed by atoms with Crippen LogP contribution in [-0.2, 0) is 25.7 Å². The highest BCUT2D eigenvalue weighted by atomic mass is 16.5. The summed E-state index contributed by atoms with van der Waals surface area (Å²) >= 11 is 0. The van der Waals surface area contributed by atoms with Crippen LogP contribution in [-0.4, -0.2) is 69.0 Å². The van der Waals surface area contributed by atoms with Gasteiger partial charge in [0.15, 0.2) is 0 Å². The molecule has 2 aromatic rings. The summed E-state index contributed by atoms with van der Waals surface area (Å²) in [6.45, 7) is 5.75. The second-order valence-corrected chi connectivity index (χ2v) is 8.34. The van der Waals surface area contributed by atoms with Gasteiger partial charge in [0.1, 0.15) is 0 Å². The lowest BCUT2D eigenvalue weighted by atomic mass is 9.93. The van der Waals surface area contributed by atoms with Gasteiger partial charge in [-0.05, 0) is 25.8 Å². The van der Waals surface area contributed by atoms with Gasteiger partial charge in [0, 0.05) is 31.4 Å². The Labute approximate surface area is 187 Å². The van der Waals surface area contributed by atoms with Crippen LogP contribution in [0.2, 0.25) is 0 Å². The summed E-state index contributed by atoms with van der Waals surface area (Å²) in [5.41, 5.74) is 2.09. The van der Waals surface area contributed by atoms with E-state index in [1.54, 1.807) is 0 Å². The highest BCUT2D eigenvalue weighted by Gasteiger charge is 2.50. The third-order valence-corrected chi connectivity index (χ3v) is 6.05. The van der Waals surface area contributed by atoms with Gasteiger partial charge < -0.3 is 19.3 Å². The molecule has 3 atom stereocenters. The average Bonchev–Trinajstić information content (AvgIpc) is 3.39. The molecule has 0 saturated carbocycles. The molecule has 2 fully saturated rings. The summed E-state index contributed by atoms with van der Waals surface area (Å²) in [4.78, 5) is 42.4.